The van der Waals surface area contributed by atoms with Crippen molar-refractivity contribution in [2.75, 3.05) is 45.8 Å². The Morgan fingerprint density at radius 1 is 1.10 bits per heavy atom. The molecular formula is C16H24ClN3O. The fraction of sp³-hybridized carbons (Fsp3) is 0.562. The molecular weight excluding hydrogens is 286 g/mol. The lowest BCUT2D eigenvalue weighted by atomic mass is 10.0. The van der Waals surface area contributed by atoms with Crippen molar-refractivity contribution in [3.05, 3.63) is 35.9 Å². The fourth-order valence-electron chi connectivity index (χ4n) is 2.85. The largest absolute Gasteiger partial charge is 0.340 e. The van der Waals surface area contributed by atoms with Gasteiger partial charge in [-0.15, -0.1) is 12.4 Å². The first kappa shape index (κ1) is 16.3. The van der Waals surface area contributed by atoms with Crippen LogP contribution in [0, 0.1) is 5.92 Å². The van der Waals surface area contributed by atoms with Gasteiger partial charge in [0.25, 0.3) is 0 Å². The zero-order valence-corrected chi connectivity index (χ0v) is 13.1. The third kappa shape index (κ3) is 4.19. The molecule has 0 radical (unpaired) electrons. The van der Waals surface area contributed by atoms with E-state index in [0.29, 0.717) is 5.91 Å². The fourth-order valence-corrected chi connectivity index (χ4v) is 2.85. The van der Waals surface area contributed by atoms with Crippen molar-refractivity contribution in [2.24, 2.45) is 5.92 Å². The second-order valence-corrected chi connectivity index (χ2v) is 5.76. The molecule has 1 amide bonds. The van der Waals surface area contributed by atoms with Gasteiger partial charge in [-0.05, 0) is 12.0 Å². The second-order valence-electron chi connectivity index (χ2n) is 5.76. The molecule has 0 spiro atoms. The third-order valence-corrected chi connectivity index (χ3v) is 4.37. The van der Waals surface area contributed by atoms with Crippen molar-refractivity contribution in [1.82, 2.24) is 15.1 Å². The van der Waals surface area contributed by atoms with Crippen LogP contribution in [0.5, 0.6) is 0 Å². The maximum absolute atomic E-state index is 12.1. The lowest BCUT2D eigenvalue weighted by molar-refractivity contribution is -0.138. The Labute approximate surface area is 132 Å². The Morgan fingerprint density at radius 2 is 1.76 bits per heavy atom. The zero-order chi connectivity index (χ0) is 13.8. The molecule has 0 atom stereocenters. The molecule has 1 aromatic carbocycles. The molecule has 5 heteroatoms. The first-order valence-corrected chi connectivity index (χ1v) is 7.59. The van der Waals surface area contributed by atoms with E-state index in [9.17, 15) is 4.79 Å². The first-order chi connectivity index (χ1) is 9.83. The summed E-state index contributed by atoms with van der Waals surface area (Å²) < 4.78 is 0. The van der Waals surface area contributed by atoms with Gasteiger partial charge in [0.05, 0.1) is 5.92 Å². The molecule has 21 heavy (non-hydrogen) atoms. The number of benzene rings is 1. The topological polar surface area (TPSA) is 35.6 Å². The van der Waals surface area contributed by atoms with Crippen LogP contribution < -0.4 is 5.32 Å². The summed E-state index contributed by atoms with van der Waals surface area (Å²) >= 11 is 0. The molecule has 2 heterocycles. The van der Waals surface area contributed by atoms with E-state index >= 15 is 0 Å². The number of rotatable bonds is 4. The molecule has 0 aliphatic carbocycles. The number of hydrogen-bond donors (Lipinski definition) is 1. The number of amides is 1. The number of nitrogens with zero attached hydrogens (tertiary/aromatic N) is 2. The molecule has 116 valence electrons. The summed E-state index contributed by atoms with van der Waals surface area (Å²) in [5, 5.41) is 3.17. The molecule has 3 rings (SSSR count). The quantitative estimate of drug-likeness (QED) is 0.902. The van der Waals surface area contributed by atoms with E-state index in [2.05, 4.69) is 40.5 Å². The molecule has 0 unspecified atom stereocenters. The van der Waals surface area contributed by atoms with E-state index in [4.69, 9.17) is 0 Å². The Hall–Kier alpha value is -1.10. The van der Waals surface area contributed by atoms with Crippen molar-refractivity contribution < 1.29 is 4.79 Å². The summed E-state index contributed by atoms with van der Waals surface area (Å²) in [5.74, 6) is 0.595. The van der Waals surface area contributed by atoms with Crippen LogP contribution in [0.3, 0.4) is 0 Å². The van der Waals surface area contributed by atoms with Crippen LogP contribution >= 0.6 is 12.4 Å². The third-order valence-electron chi connectivity index (χ3n) is 4.37. The Balaban J connectivity index is 0.00000161. The number of carbonyl (C=O) groups excluding carboxylic acids is 1. The maximum atomic E-state index is 12.1. The highest BCUT2D eigenvalue weighted by atomic mass is 35.5. The van der Waals surface area contributed by atoms with E-state index in [0.717, 1.165) is 52.2 Å². The van der Waals surface area contributed by atoms with Crippen molar-refractivity contribution in [1.29, 1.82) is 0 Å². The van der Waals surface area contributed by atoms with Crippen molar-refractivity contribution in [3.8, 4) is 0 Å². The number of nitrogens with one attached hydrogen (secondary N) is 1. The van der Waals surface area contributed by atoms with Gasteiger partial charge in [-0.25, -0.2) is 0 Å². The Kier molecular flexibility index (Phi) is 6.03. The average Bonchev–Trinajstić information content (AvgIpc) is 2.45. The standard InChI is InChI=1S/C16H23N3O.ClH/c20-16(15-12-17-13-15)19-10-8-18(9-11-19)7-6-14-4-2-1-3-5-14;/h1-5,15,17H,6-13H2;1H. The van der Waals surface area contributed by atoms with Crippen LogP contribution in [0.15, 0.2) is 30.3 Å². The highest BCUT2D eigenvalue weighted by molar-refractivity contribution is 5.85. The summed E-state index contributed by atoms with van der Waals surface area (Å²) in [7, 11) is 0. The summed E-state index contributed by atoms with van der Waals surface area (Å²) in [6.07, 6.45) is 1.10. The smallest absolute Gasteiger partial charge is 0.228 e. The number of halogens is 1. The number of hydrogen-bond acceptors (Lipinski definition) is 3. The van der Waals surface area contributed by atoms with Gasteiger partial charge in [-0.2, -0.15) is 0 Å². The molecule has 4 nitrogen and oxygen atoms in total. The van der Waals surface area contributed by atoms with Crippen molar-refractivity contribution in [2.45, 2.75) is 6.42 Å². The van der Waals surface area contributed by atoms with E-state index < -0.39 is 0 Å². The zero-order valence-electron chi connectivity index (χ0n) is 12.3. The summed E-state index contributed by atoms with van der Waals surface area (Å²) in [6, 6.07) is 10.6. The maximum Gasteiger partial charge on any atom is 0.228 e. The first-order valence-electron chi connectivity index (χ1n) is 7.59. The molecule has 1 N–H and O–H groups in total. The summed E-state index contributed by atoms with van der Waals surface area (Å²) in [5.41, 5.74) is 1.39. The van der Waals surface area contributed by atoms with Crippen LogP contribution in [-0.4, -0.2) is 61.5 Å². The van der Waals surface area contributed by atoms with Crippen LogP contribution in [0.25, 0.3) is 0 Å². The highest BCUT2D eigenvalue weighted by Gasteiger charge is 2.30. The minimum absolute atomic E-state index is 0. The molecule has 1 aromatic rings. The number of piperazine rings is 1. The van der Waals surface area contributed by atoms with Gasteiger partial charge in [0.1, 0.15) is 0 Å². The lowest BCUT2D eigenvalue weighted by Gasteiger charge is -2.38. The van der Waals surface area contributed by atoms with Gasteiger partial charge in [-0.1, -0.05) is 30.3 Å². The SMILES string of the molecule is Cl.O=C(C1CNC1)N1CCN(CCc2ccccc2)CC1. The predicted molar refractivity (Wildman–Crippen MR) is 86.8 cm³/mol. The second kappa shape index (κ2) is 7.78. The monoisotopic (exact) mass is 309 g/mol. The molecule has 2 saturated heterocycles. The normalized spacial score (nSPS) is 19.7. The highest BCUT2D eigenvalue weighted by Crippen LogP contribution is 2.11. The van der Waals surface area contributed by atoms with Crippen LogP contribution in [-0.2, 0) is 11.2 Å². The summed E-state index contributed by atoms with van der Waals surface area (Å²) in [6.45, 7) is 6.64. The van der Waals surface area contributed by atoms with E-state index in [1.165, 1.54) is 5.56 Å². The Morgan fingerprint density at radius 3 is 2.33 bits per heavy atom. The van der Waals surface area contributed by atoms with Crippen LogP contribution in [0.4, 0.5) is 0 Å². The van der Waals surface area contributed by atoms with Crippen molar-refractivity contribution in [3.63, 3.8) is 0 Å². The summed E-state index contributed by atoms with van der Waals surface area (Å²) in [4.78, 5) is 16.6. The number of carbonyl (C=O) groups is 1. The van der Waals surface area contributed by atoms with Gasteiger partial charge in [-0.3, -0.25) is 9.69 Å². The van der Waals surface area contributed by atoms with Crippen LogP contribution in [0.1, 0.15) is 5.56 Å². The molecule has 0 aromatic heterocycles. The van der Waals surface area contributed by atoms with Crippen molar-refractivity contribution >= 4 is 18.3 Å². The van der Waals surface area contributed by atoms with E-state index in [-0.39, 0.29) is 18.3 Å². The van der Waals surface area contributed by atoms with Crippen LogP contribution in [0.2, 0.25) is 0 Å². The van der Waals surface area contributed by atoms with Gasteiger partial charge >= 0.3 is 0 Å². The van der Waals surface area contributed by atoms with Gasteiger partial charge in [0.2, 0.25) is 5.91 Å². The van der Waals surface area contributed by atoms with E-state index in [1.807, 2.05) is 4.90 Å². The van der Waals surface area contributed by atoms with Gasteiger partial charge in [0.15, 0.2) is 0 Å². The molecule has 2 aliphatic rings. The lowest BCUT2D eigenvalue weighted by Crippen LogP contribution is -2.56. The Bertz CT molecular complexity index is 442. The molecule has 0 saturated carbocycles. The predicted octanol–water partition coefficient (Wildman–Crippen LogP) is 1.01. The van der Waals surface area contributed by atoms with Gasteiger partial charge < -0.3 is 10.2 Å². The van der Waals surface area contributed by atoms with E-state index in [1.54, 1.807) is 0 Å². The minimum Gasteiger partial charge on any atom is -0.340 e. The minimum atomic E-state index is 0. The average molecular weight is 310 g/mol. The molecule has 2 aliphatic heterocycles. The molecule has 0 bridgehead atoms. The molecule has 2 fully saturated rings. The van der Waals surface area contributed by atoms with Gasteiger partial charge in [0, 0.05) is 45.8 Å².